The van der Waals surface area contributed by atoms with Gasteiger partial charge in [-0.05, 0) is 86.1 Å². The number of pyridine rings is 2. The van der Waals surface area contributed by atoms with E-state index in [2.05, 4.69) is 110 Å². The van der Waals surface area contributed by atoms with E-state index in [1.54, 1.807) is 0 Å². The highest BCUT2D eigenvalue weighted by Crippen LogP contribution is 2.52. The third-order valence-electron chi connectivity index (χ3n) is 12.0. The SMILES string of the molecule is CC1CN(CCCCCCN2CC(C)CC(C)(C)C23C=Nc2c(ccc4ncccc24)O3)C2(C=Nc3c(ccc4ncccc34)O2)C(C)(C)C1. The summed E-state index contributed by atoms with van der Waals surface area (Å²) in [6, 6.07) is 16.4. The molecule has 0 aliphatic carbocycles. The van der Waals surface area contributed by atoms with Gasteiger partial charge in [0.15, 0.2) is 0 Å². The minimum Gasteiger partial charge on any atom is -0.464 e. The number of fused-ring (bicyclic) bond motifs is 6. The minimum absolute atomic E-state index is 0.0925. The maximum absolute atomic E-state index is 7.06. The van der Waals surface area contributed by atoms with Gasteiger partial charge in [0.25, 0.3) is 0 Å². The summed E-state index contributed by atoms with van der Waals surface area (Å²) in [4.78, 5) is 24.4. The Bertz CT molecular complexity index is 1830. The molecule has 2 spiro atoms. The molecule has 0 bridgehead atoms. The van der Waals surface area contributed by atoms with Gasteiger partial charge in [-0.1, -0.05) is 54.4 Å². The van der Waals surface area contributed by atoms with Crippen LogP contribution in [0.4, 0.5) is 11.4 Å². The first-order valence-electron chi connectivity index (χ1n) is 18.8. The molecule has 0 saturated carbocycles. The Kier molecular flexibility index (Phi) is 8.26. The molecule has 2 saturated heterocycles. The Hall–Kier alpha value is -3.88. The summed E-state index contributed by atoms with van der Waals surface area (Å²) in [6.45, 7) is 18.1. The molecule has 4 aromatic rings. The standard InChI is InChI=1S/C42H52N6O2/c1-29-23-39(3,4)41(27-45-37-31-13-11-19-43-33(31)15-17-35(37)49-41)47(25-29)21-9-7-8-10-22-48-26-30(2)24-40(5,6)42(48)28-46-38-32-14-12-20-44-34(32)16-18-36(38)50-42/h11-20,27-30H,7-10,21-26H2,1-6H3. The molecule has 8 heteroatoms. The van der Waals surface area contributed by atoms with E-state index in [-0.39, 0.29) is 10.8 Å². The van der Waals surface area contributed by atoms with Crippen LogP contribution in [-0.2, 0) is 0 Å². The molecule has 0 radical (unpaired) electrons. The molecule has 0 N–H and O–H groups in total. The van der Waals surface area contributed by atoms with Gasteiger partial charge in [0.05, 0.1) is 23.5 Å². The second-order valence-corrected chi connectivity index (χ2v) is 16.8. The van der Waals surface area contributed by atoms with Crippen molar-refractivity contribution in [2.24, 2.45) is 32.7 Å². The summed E-state index contributed by atoms with van der Waals surface area (Å²) in [5.41, 5.74) is 2.36. The Morgan fingerprint density at radius 1 is 0.620 bits per heavy atom. The number of rotatable bonds is 7. The largest absolute Gasteiger partial charge is 0.464 e. The number of aromatic nitrogens is 2. The molecule has 262 valence electrons. The molecule has 0 amide bonds. The first-order valence-corrected chi connectivity index (χ1v) is 18.8. The summed E-state index contributed by atoms with van der Waals surface area (Å²) in [7, 11) is 0. The van der Waals surface area contributed by atoms with Gasteiger partial charge < -0.3 is 9.47 Å². The van der Waals surface area contributed by atoms with Gasteiger partial charge in [-0.3, -0.25) is 29.8 Å². The molecule has 4 atom stereocenters. The predicted molar refractivity (Wildman–Crippen MR) is 203 cm³/mol. The van der Waals surface area contributed by atoms with Crippen molar-refractivity contribution in [2.45, 2.75) is 91.5 Å². The third kappa shape index (κ3) is 5.41. The highest BCUT2D eigenvalue weighted by molar-refractivity contribution is 5.97. The lowest BCUT2D eigenvalue weighted by atomic mass is 9.70. The number of ether oxygens (including phenoxy) is 2. The molecule has 8 nitrogen and oxygen atoms in total. The summed E-state index contributed by atoms with van der Waals surface area (Å²) in [5, 5.41) is 2.08. The van der Waals surface area contributed by atoms with Crippen LogP contribution in [0.1, 0.15) is 80.1 Å². The second-order valence-electron chi connectivity index (χ2n) is 16.8. The summed E-state index contributed by atoms with van der Waals surface area (Å²) < 4.78 is 14.1. The maximum atomic E-state index is 7.06. The van der Waals surface area contributed by atoms with Gasteiger partial charge in [0.2, 0.25) is 11.4 Å². The number of benzene rings is 2. The zero-order valence-corrected chi connectivity index (χ0v) is 30.7. The topological polar surface area (TPSA) is 75.4 Å². The number of nitrogens with zero attached hydrogens (tertiary/aromatic N) is 6. The molecule has 50 heavy (non-hydrogen) atoms. The molecule has 4 unspecified atom stereocenters. The summed E-state index contributed by atoms with van der Waals surface area (Å²) >= 11 is 0. The molecule has 2 fully saturated rings. The van der Waals surface area contributed by atoms with E-state index >= 15 is 0 Å². The van der Waals surface area contributed by atoms with Gasteiger partial charge in [0, 0.05) is 60.2 Å². The van der Waals surface area contributed by atoms with E-state index in [1.165, 1.54) is 12.8 Å². The quantitative estimate of drug-likeness (QED) is 0.182. The number of unbranched alkanes of at least 4 members (excludes halogenated alkanes) is 3. The van der Waals surface area contributed by atoms with Crippen molar-refractivity contribution in [3.63, 3.8) is 0 Å². The van der Waals surface area contributed by atoms with E-state index in [0.717, 1.165) is 96.5 Å². The number of piperidine rings is 2. The zero-order valence-electron chi connectivity index (χ0n) is 30.7. The van der Waals surface area contributed by atoms with Crippen LogP contribution >= 0.6 is 0 Å². The highest BCUT2D eigenvalue weighted by Gasteiger charge is 2.57. The Balaban J connectivity index is 0.943. The molecule has 2 aromatic carbocycles. The molecular formula is C42H52N6O2. The summed E-state index contributed by atoms with van der Waals surface area (Å²) in [6.07, 6.45) is 14.6. The second kappa shape index (κ2) is 12.4. The van der Waals surface area contributed by atoms with Crippen molar-refractivity contribution >= 4 is 45.6 Å². The number of hydrogen-bond donors (Lipinski definition) is 0. The molecule has 6 heterocycles. The van der Waals surface area contributed by atoms with Crippen molar-refractivity contribution in [3.8, 4) is 11.5 Å². The molecule has 4 aliphatic heterocycles. The molecule has 4 aliphatic rings. The van der Waals surface area contributed by atoms with Crippen LogP contribution in [0.5, 0.6) is 11.5 Å². The minimum atomic E-state index is -0.570. The maximum Gasteiger partial charge on any atom is 0.205 e. The Morgan fingerprint density at radius 2 is 1.06 bits per heavy atom. The average Bonchev–Trinajstić information content (AvgIpc) is 3.09. The smallest absolute Gasteiger partial charge is 0.205 e. The van der Waals surface area contributed by atoms with Crippen LogP contribution in [-0.4, -0.2) is 69.8 Å². The van der Waals surface area contributed by atoms with Crippen LogP contribution in [0.15, 0.2) is 70.9 Å². The summed E-state index contributed by atoms with van der Waals surface area (Å²) in [5.74, 6) is 2.89. The number of likely N-dealkylation sites (tertiary alicyclic amines) is 2. The monoisotopic (exact) mass is 672 g/mol. The Morgan fingerprint density at radius 3 is 1.50 bits per heavy atom. The van der Waals surface area contributed by atoms with Crippen LogP contribution in [0.25, 0.3) is 21.8 Å². The van der Waals surface area contributed by atoms with Crippen LogP contribution in [0.2, 0.25) is 0 Å². The predicted octanol–water partition coefficient (Wildman–Crippen LogP) is 9.36. The fourth-order valence-electron chi connectivity index (χ4n) is 9.79. The van der Waals surface area contributed by atoms with Crippen molar-refractivity contribution in [2.75, 3.05) is 26.2 Å². The number of aliphatic imine (C=N–C) groups is 2. The van der Waals surface area contributed by atoms with Crippen LogP contribution in [0, 0.1) is 22.7 Å². The molecule has 2 aromatic heterocycles. The first kappa shape index (κ1) is 33.3. The van der Waals surface area contributed by atoms with Gasteiger partial charge >= 0.3 is 0 Å². The van der Waals surface area contributed by atoms with E-state index in [9.17, 15) is 0 Å². The van der Waals surface area contributed by atoms with E-state index in [1.807, 2.05) is 24.5 Å². The van der Waals surface area contributed by atoms with Gasteiger partial charge in [-0.2, -0.15) is 0 Å². The zero-order chi connectivity index (χ0) is 34.7. The average molecular weight is 673 g/mol. The third-order valence-corrected chi connectivity index (χ3v) is 12.0. The fraction of sp³-hybridized carbons (Fsp3) is 0.524. The van der Waals surface area contributed by atoms with Crippen molar-refractivity contribution in [3.05, 3.63) is 60.9 Å². The Labute approximate surface area is 297 Å². The fourth-order valence-corrected chi connectivity index (χ4v) is 9.79. The highest BCUT2D eigenvalue weighted by atomic mass is 16.5. The normalized spacial score (nSPS) is 28.4. The lowest BCUT2D eigenvalue weighted by molar-refractivity contribution is -0.149. The van der Waals surface area contributed by atoms with E-state index < -0.39 is 11.4 Å². The van der Waals surface area contributed by atoms with Gasteiger partial charge in [-0.25, -0.2) is 0 Å². The first-order chi connectivity index (χ1) is 24.0. The number of hydrogen-bond acceptors (Lipinski definition) is 8. The van der Waals surface area contributed by atoms with Crippen LogP contribution < -0.4 is 9.47 Å². The van der Waals surface area contributed by atoms with E-state index in [0.29, 0.717) is 11.8 Å². The van der Waals surface area contributed by atoms with Crippen molar-refractivity contribution < 1.29 is 9.47 Å². The van der Waals surface area contributed by atoms with E-state index in [4.69, 9.17) is 19.5 Å². The van der Waals surface area contributed by atoms with Crippen molar-refractivity contribution in [1.82, 2.24) is 19.8 Å². The van der Waals surface area contributed by atoms with Gasteiger partial charge in [0.1, 0.15) is 22.9 Å². The lowest BCUT2D eigenvalue weighted by Gasteiger charge is -2.56. The van der Waals surface area contributed by atoms with Gasteiger partial charge in [-0.15, -0.1) is 0 Å². The molecular weight excluding hydrogens is 621 g/mol. The van der Waals surface area contributed by atoms with Crippen molar-refractivity contribution in [1.29, 1.82) is 0 Å². The van der Waals surface area contributed by atoms with Crippen LogP contribution in [0.3, 0.4) is 0 Å². The molecule has 8 rings (SSSR count). The lowest BCUT2D eigenvalue weighted by Crippen LogP contribution is -2.68.